The smallest absolute Gasteiger partial charge is 0.193 e. The molecule has 1 aliphatic rings. The lowest BCUT2D eigenvalue weighted by atomic mass is 9.89. The van der Waals surface area contributed by atoms with E-state index in [1.54, 1.807) is 13.8 Å². The summed E-state index contributed by atoms with van der Waals surface area (Å²) in [6.45, 7) is 4.65. The molecule has 0 fully saturated rings. The van der Waals surface area contributed by atoms with E-state index in [2.05, 4.69) is 0 Å². The minimum Gasteiger partial charge on any atom is -0.299 e. The van der Waals surface area contributed by atoms with Gasteiger partial charge in [-0.1, -0.05) is 32.0 Å². The van der Waals surface area contributed by atoms with Gasteiger partial charge in [-0.2, -0.15) is 0 Å². The summed E-state index contributed by atoms with van der Waals surface area (Å²) in [4.78, 5) is 86.5. The number of fused-ring (bicyclic) bond motifs is 1. The maximum atomic E-state index is 13.1. The molecule has 1 aliphatic carbocycles. The van der Waals surface area contributed by atoms with Gasteiger partial charge in [0.05, 0.1) is 5.92 Å². The van der Waals surface area contributed by atoms with Crippen LogP contribution in [0.2, 0.25) is 0 Å². The molecule has 0 spiro atoms. The highest BCUT2D eigenvalue weighted by atomic mass is 16.2. The van der Waals surface area contributed by atoms with Crippen molar-refractivity contribution >= 4 is 41.0 Å². The average molecular weight is 446 g/mol. The van der Waals surface area contributed by atoms with Gasteiger partial charge in [0.25, 0.3) is 0 Å². The van der Waals surface area contributed by atoms with Crippen molar-refractivity contribution in [3.05, 3.63) is 69.8 Å². The predicted octanol–water partition coefficient (Wildman–Crippen LogP) is 3.50. The SMILES string of the molecule is CCC(=O)C(C)C(=O)c1cc(C(=O)c2ccc3c(c2)C(=O)C(C(=O)CC)C3=O)ccc1C=O. The zero-order valence-electron chi connectivity index (χ0n) is 18.5. The Hall–Kier alpha value is -3.87. The summed E-state index contributed by atoms with van der Waals surface area (Å²) in [7, 11) is 0. The monoisotopic (exact) mass is 446 g/mol. The Morgan fingerprint density at radius 2 is 1.48 bits per heavy atom. The van der Waals surface area contributed by atoms with Gasteiger partial charge in [0.15, 0.2) is 35.2 Å². The normalized spacial score (nSPS) is 15.7. The van der Waals surface area contributed by atoms with E-state index in [4.69, 9.17) is 0 Å². The van der Waals surface area contributed by atoms with Crippen LogP contribution in [0.1, 0.15) is 91.0 Å². The lowest BCUT2D eigenvalue weighted by Crippen LogP contribution is -2.24. The molecule has 2 unspecified atom stereocenters. The fourth-order valence-corrected chi connectivity index (χ4v) is 3.90. The molecule has 0 radical (unpaired) electrons. The highest BCUT2D eigenvalue weighted by Crippen LogP contribution is 2.30. The Bertz CT molecular complexity index is 1240. The first-order valence-corrected chi connectivity index (χ1v) is 10.6. The number of Topliss-reactive ketones (excluding diaryl/α,β-unsaturated/α-hetero) is 5. The third kappa shape index (κ3) is 4.14. The second-order valence-electron chi connectivity index (χ2n) is 7.90. The zero-order chi connectivity index (χ0) is 24.4. The molecule has 33 heavy (non-hydrogen) atoms. The topological polar surface area (TPSA) is 119 Å². The Kier molecular flexibility index (Phi) is 6.72. The molecule has 2 aromatic rings. The van der Waals surface area contributed by atoms with Crippen molar-refractivity contribution in [2.75, 3.05) is 0 Å². The minimum atomic E-state index is -1.37. The molecule has 7 heteroatoms. The third-order valence-electron chi connectivity index (χ3n) is 5.94. The van der Waals surface area contributed by atoms with Crippen molar-refractivity contribution in [1.29, 1.82) is 0 Å². The van der Waals surface area contributed by atoms with Crippen molar-refractivity contribution in [3.8, 4) is 0 Å². The van der Waals surface area contributed by atoms with E-state index >= 15 is 0 Å². The minimum absolute atomic E-state index is 0.0145. The van der Waals surface area contributed by atoms with Crippen LogP contribution >= 0.6 is 0 Å². The quantitative estimate of drug-likeness (QED) is 0.328. The number of rotatable bonds is 9. The van der Waals surface area contributed by atoms with E-state index < -0.39 is 40.8 Å². The summed E-state index contributed by atoms with van der Waals surface area (Å²) < 4.78 is 0. The highest BCUT2D eigenvalue weighted by Gasteiger charge is 2.42. The molecule has 2 atom stereocenters. The molecule has 0 bridgehead atoms. The second kappa shape index (κ2) is 9.32. The van der Waals surface area contributed by atoms with Crippen molar-refractivity contribution < 1.29 is 33.6 Å². The fourth-order valence-electron chi connectivity index (χ4n) is 3.90. The van der Waals surface area contributed by atoms with Crippen LogP contribution in [0, 0.1) is 11.8 Å². The van der Waals surface area contributed by atoms with Gasteiger partial charge in [-0.3, -0.25) is 33.6 Å². The van der Waals surface area contributed by atoms with Gasteiger partial charge in [0.2, 0.25) is 0 Å². The van der Waals surface area contributed by atoms with Gasteiger partial charge in [0.1, 0.15) is 11.7 Å². The van der Waals surface area contributed by atoms with Crippen molar-refractivity contribution in [2.45, 2.75) is 33.6 Å². The molecule has 0 aromatic heterocycles. The van der Waals surface area contributed by atoms with Crippen LogP contribution in [0.5, 0.6) is 0 Å². The van der Waals surface area contributed by atoms with Gasteiger partial charge >= 0.3 is 0 Å². The van der Waals surface area contributed by atoms with Crippen LogP contribution in [0.25, 0.3) is 0 Å². The largest absolute Gasteiger partial charge is 0.299 e. The van der Waals surface area contributed by atoms with E-state index in [0.717, 1.165) is 0 Å². The van der Waals surface area contributed by atoms with Crippen LogP contribution in [0.15, 0.2) is 36.4 Å². The van der Waals surface area contributed by atoms with E-state index in [1.165, 1.54) is 43.3 Å². The van der Waals surface area contributed by atoms with Crippen LogP contribution in [0.4, 0.5) is 0 Å². The number of ketones is 6. The predicted molar refractivity (Wildman–Crippen MR) is 118 cm³/mol. The molecule has 0 saturated carbocycles. The lowest BCUT2D eigenvalue weighted by molar-refractivity contribution is -0.121. The number of hydrogen-bond acceptors (Lipinski definition) is 7. The van der Waals surface area contributed by atoms with Gasteiger partial charge in [-0.05, 0) is 25.1 Å². The lowest BCUT2D eigenvalue weighted by Gasteiger charge is -2.12. The van der Waals surface area contributed by atoms with Crippen LogP contribution in [-0.4, -0.2) is 41.0 Å². The van der Waals surface area contributed by atoms with Crippen LogP contribution < -0.4 is 0 Å². The number of hydrogen-bond donors (Lipinski definition) is 0. The molecule has 0 aliphatic heterocycles. The maximum absolute atomic E-state index is 13.1. The molecule has 0 saturated heterocycles. The summed E-state index contributed by atoms with van der Waals surface area (Å²) in [5.41, 5.74) is 0.310. The molecule has 0 amide bonds. The first-order chi connectivity index (χ1) is 15.7. The summed E-state index contributed by atoms with van der Waals surface area (Å²) >= 11 is 0. The molecule has 7 nitrogen and oxygen atoms in total. The molecule has 2 aromatic carbocycles. The Morgan fingerprint density at radius 3 is 2.09 bits per heavy atom. The first kappa shape index (κ1) is 23.8. The third-order valence-corrected chi connectivity index (χ3v) is 5.94. The van der Waals surface area contributed by atoms with Crippen LogP contribution in [-0.2, 0) is 9.59 Å². The van der Waals surface area contributed by atoms with E-state index in [9.17, 15) is 33.6 Å². The number of aldehydes is 1. The number of benzene rings is 2. The highest BCUT2D eigenvalue weighted by molar-refractivity contribution is 6.36. The summed E-state index contributed by atoms with van der Waals surface area (Å²) in [6, 6.07) is 7.97. The molecule has 3 rings (SSSR count). The van der Waals surface area contributed by atoms with Gasteiger partial charge in [-0.15, -0.1) is 0 Å². The molecule has 0 N–H and O–H groups in total. The Labute approximate surface area is 190 Å². The molecule has 168 valence electrons. The fraction of sp³-hybridized carbons (Fsp3) is 0.269. The van der Waals surface area contributed by atoms with E-state index in [0.29, 0.717) is 6.29 Å². The maximum Gasteiger partial charge on any atom is 0.193 e. The summed E-state index contributed by atoms with van der Waals surface area (Å²) in [6.07, 6.45) is 0.682. The molecular weight excluding hydrogens is 424 g/mol. The van der Waals surface area contributed by atoms with Gasteiger partial charge in [-0.25, -0.2) is 0 Å². The van der Waals surface area contributed by atoms with Gasteiger partial charge < -0.3 is 0 Å². The second-order valence-corrected chi connectivity index (χ2v) is 7.90. The van der Waals surface area contributed by atoms with E-state index in [-0.39, 0.29) is 52.0 Å². The summed E-state index contributed by atoms with van der Waals surface area (Å²) in [5, 5.41) is 0. The average Bonchev–Trinajstić information content (AvgIpc) is 3.10. The standard InChI is InChI=1S/C26H22O7/c1-4-20(28)13(3)23(30)18-10-14(6-7-16(18)12-27)24(31)15-8-9-17-19(11-15)26(33)22(25(17)32)21(29)5-2/h6-13,22H,4-5H2,1-3H3. The zero-order valence-corrected chi connectivity index (χ0v) is 18.5. The van der Waals surface area contributed by atoms with Crippen molar-refractivity contribution in [1.82, 2.24) is 0 Å². The van der Waals surface area contributed by atoms with Gasteiger partial charge in [0, 0.05) is 46.2 Å². The van der Waals surface area contributed by atoms with E-state index in [1.807, 2.05) is 0 Å². The number of carbonyl (C=O) groups is 7. The van der Waals surface area contributed by atoms with Crippen molar-refractivity contribution in [2.24, 2.45) is 11.8 Å². The van der Waals surface area contributed by atoms with Crippen molar-refractivity contribution in [3.63, 3.8) is 0 Å². The Morgan fingerprint density at radius 1 is 0.879 bits per heavy atom. The first-order valence-electron chi connectivity index (χ1n) is 10.6. The number of carbonyl (C=O) groups excluding carboxylic acids is 7. The molecule has 0 heterocycles. The Balaban J connectivity index is 2.00. The molecular formula is C26H22O7. The van der Waals surface area contributed by atoms with Crippen LogP contribution in [0.3, 0.4) is 0 Å². The summed E-state index contributed by atoms with van der Waals surface area (Å²) in [5.74, 6) is -5.39.